The number of nitrogens with one attached hydrogen (secondary N) is 2. The highest BCUT2D eigenvalue weighted by Crippen LogP contribution is 2.19. The third kappa shape index (κ3) is 5.32. The smallest absolute Gasteiger partial charge is 0.268 e. The van der Waals surface area contributed by atoms with Crippen LogP contribution in [0.1, 0.15) is 0 Å². The zero-order valence-electron chi connectivity index (χ0n) is 14.6. The molecule has 0 saturated heterocycles. The minimum absolute atomic E-state index is 0.0226. The summed E-state index contributed by atoms with van der Waals surface area (Å²) in [5.41, 5.74) is 1.28. The van der Waals surface area contributed by atoms with E-state index < -0.39 is 0 Å². The molecule has 26 heavy (non-hydrogen) atoms. The zero-order chi connectivity index (χ0) is 18.8. The molecule has 2 rings (SSSR count). The van der Waals surface area contributed by atoms with Crippen LogP contribution in [-0.4, -0.2) is 43.0 Å². The van der Waals surface area contributed by atoms with Gasteiger partial charge in [-0.15, -0.1) is 0 Å². The van der Waals surface area contributed by atoms with Crippen LogP contribution >= 0.6 is 0 Å². The second-order valence-corrected chi connectivity index (χ2v) is 5.06. The molecule has 0 bridgehead atoms. The van der Waals surface area contributed by atoms with Gasteiger partial charge in [-0.05, 0) is 30.3 Å². The second-order valence-electron chi connectivity index (χ2n) is 5.06. The fraction of sp³-hybridized carbons (Fsp3) is 0.294. The van der Waals surface area contributed by atoms with Crippen LogP contribution in [0.3, 0.4) is 0 Å². The number of nitrogens with zero attached hydrogens (tertiary/aromatic N) is 4. The maximum absolute atomic E-state index is 11.9. The maximum Gasteiger partial charge on any atom is 0.268 e. The van der Waals surface area contributed by atoms with Crippen molar-refractivity contribution in [1.82, 2.24) is 20.4 Å². The number of nitriles is 1. The maximum atomic E-state index is 11.9. The van der Waals surface area contributed by atoms with Gasteiger partial charge >= 0.3 is 0 Å². The molecule has 0 atom stereocenters. The standard InChI is InChI=1S/C17H20N6O3/c1-19-17(21-11-18)20-9-10-26-12-23-16(24)8-7-15(22-23)13-3-5-14(25-2)6-4-13/h3-8H,9-10,12H2,1-2H3,(H2,19,20,21). The van der Waals surface area contributed by atoms with Crippen molar-refractivity contribution in [3.63, 3.8) is 0 Å². The predicted molar refractivity (Wildman–Crippen MR) is 96.5 cm³/mol. The lowest BCUT2D eigenvalue weighted by Crippen LogP contribution is -2.36. The van der Waals surface area contributed by atoms with Gasteiger partial charge in [-0.25, -0.2) is 4.68 Å². The Balaban J connectivity index is 1.93. The van der Waals surface area contributed by atoms with Gasteiger partial charge < -0.3 is 14.8 Å². The Morgan fingerprint density at radius 1 is 1.31 bits per heavy atom. The molecule has 1 heterocycles. The number of aromatic nitrogens is 2. The summed E-state index contributed by atoms with van der Waals surface area (Å²) in [6.45, 7) is 0.760. The summed E-state index contributed by atoms with van der Waals surface area (Å²) in [6, 6.07) is 10.5. The van der Waals surface area contributed by atoms with Crippen LogP contribution in [0.15, 0.2) is 46.2 Å². The number of methoxy groups -OCH3 is 1. The largest absolute Gasteiger partial charge is 0.497 e. The summed E-state index contributed by atoms with van der Waals surface area (Å²) in [6.07, 6.45) is 1.77. The fourth-order valence-electron chi connectivity index (χ4n) is 2.08. The molecule has 2 aromatic rings. The Morgan fingerprint density at radius 3 is 2.73 bits per heavy atom. The molecule has 9 heteroatoms. The Labute approximate surface area is 150 Å². The van der Waals surface area contributed by atoms with E-state index in [0.717, 1.165) is 11.3 Å². The quantitative estimate of drug-likeness (QED) is 0.245. The van der Waals surface area contributed by atoms with Crippen molar-refractivity contribution in [1.29, 1.82) is 5.26 Å². The Hall–Kier alpha value is -3.38. The average molecular weight is 356 g/mol. The molecule has 2 N–H and O–H groups in total. The van der Waals surface area contributed by atoms with Gasteiger partial charge in [-0.1, -0.05) is 0 Å². The van der Waals surface area contributed by atoms with Crippen LogP contribution < -0.4 is 20.9 Å². The van der Waals surface area contributed by atoms with Gasteiger partial charge in [0.05, 0.1) is 19.4 Å². The summed E-state index contributed by atoms with van der Waals surface area (Å²) in [7, 11) is 3.16. The number of ether oxygens (including phenoxy) is 2. The molecule has 0 amide bonds. The third-order valence-corrected chi connectivity index (χ3v) is 3.40. The molecule has 0 spiro atoms. The van der Waals surface area contributed by atoms with Gasteiger partial charge in [0.25, 0.3) is 5.56 Å². The molecule has 0 aliphatic rings. The number of aliphatic imine (C=N–C) groups is 1. The number of hydrogen-bond acceptors (Lipinski definition) is 6. The lowest BCUT2D eigenvalue weighted by atomic mass is 10.1. The minimum atomic E-state index is -0.253. The van der Waals surface area contributed by atoms with Gasteiger partial charge in [0.1, 0.15) is 12.5 Å². The number of guanidine groups is 1. The summed E-state index contributed by atoms with van der Waals surface area (Å²) in [4.78, 5) is 15.8. The molecule has 0 fully saturated rings. The molecule has 0 saturated carbocycles. The summed E-state index contributed by atoms with van der Waals surface area (Å²) < 4.78 is 11.8. The SMILES string of the molecule is C/N=C(\NC#N)NCCOCn1nc(-c2ccc(OC)cc2)ccc1=O. The van der Waals surface area contributed by atoms with Crippen molar-refractivity contribution in [2.24, 2.45) is 4.99 Å². The predicted octanol–water partition coefficient (Wildman–Crippen LogP) is 0.539. The lowest BCUT2D eigenvalue weighted by molar-refractivity contribution is 0.0695. The van der Waals surface area contributed by atoms with E-state index in [-0.39, 0.29) is 12.3 Å². The summed E-state index contributed by atoms with van der Waals surface area (Å²) in [5.74, 6) is 1.10. The highest BCUT2D eigenvalue weighted by Gasteiger charge is 2.04. The molecule has 9 nitrogen and oxygen atoms in total. The van der Waals surface area contributed by atoms with E-state index in [1.54, 1.807) is 26.4 Å². The van der Waals surface area contributed by atoms with Gasteiger partial charge in [0.2, 0.25) is 5.96 Å². The third-order valence-electron chi connectivity index (χ3n) is 3.40. The van der Waals surface area contributed by atoms with Gasteiger partial charge in [-0.3, -0.25) is 15.1 Å². The molecule has 136 valence electrons. The van der Waals surface area contributed by atoms with Crippen LogP contribution in [-0.2, 0) is 11.5 Å². The van der Waals surface area contributed by atoms with E-state index in [2.05, 4.69) is 20.7 Å². The molecule has 1 aromatic heterocycles. The first kappa shape index (κ1) is 19.0. The van der Waals surface area contributed by atoms with E-state index in [9.17, 15) is 4.79 Å². The highest BCUT2D eigenvalue weighted by molar-refractivity contribution is 5.80. The monoisotopic (exact) mass is 356 g/mol. The van der Waals surface area contributed by atoms with Crippen molar-refractivity contribution in [3.8, 4) is 23.2 Å². The van der Waals surface area contributed by atoms with Crippen molar-refractivity contribution in [3.05, 3.63) is 46.8 Å². The molecular weight excluding hydrogens is 336 g/mol. The van der Waals surface area contributed by atoms with E-state index in [0.29, 0.717) is 24.8 Å². The van der Waals surface area contributed by atoms with Crippen LogP contribution in [0.2, 0.25) is 0 Å². The van der Waals surface area contributed by atoms with Crippen molar-refractivity contribution >= 4 is 5.96 Å². The van der Waals surface area contributed by atoms with E-state index in [1.807, 2.05) is 24.3 Å². The molecule has 1 aromatic carbocycles. The van der Waals surface area contributed by atoms with E-state index in [4.69, 9.17) is 14.7 Å². The summed E-state index contributed by atoms with van der Waals surface area (Å²) >= 11 is 0. The first-order valence-electron chi connectivity index (χ1n) is 7.84. The number of benzene rings is 1. The Morgan fingerprint density at radius 2 is 2.08 bits per heavy atom. The average Bonchev–Trinajstić information content (AvgIpc) is 2.68. The lowest BCUT2D eigenvalue weighted by Gasteiger charge is -2.10. The number of rotatable bonds is 7. The van der Waals surface area contributed by atoms with Crippen LogP contribution in [0.25, 0.3) is 11.3 Å². The van der Waals surface area contributed by atoms with Crippen LogP contribution in [0.4, 0.5) is 0 Å². The van der Waals surface area contributed by atoms with E-state index in [1.165, 1.54) is 10.7 Å². The zero-order valence-corrected chi connectivity index (χ0v) is 14.6. The first-order valence-corrected chi connectivity index (χ1v) is 7.84. The van der Waals surface area contributed by atoms with E-state index >= 15 is 0 Å². The summed E-state index contributed by atoms with van der Waals surface area (Å²) in [5, 5.41) is 18.1. The van der Waals surface area contributed by atoms with Crippen LogP contribution in [0, 0.1) is 11.5 Å². The topological polar surface area (TPSA) is 114 Å². The van der Waals surface area contributed by atoms with Crippen molar-refractivity contribution < 1.29 is 9.47 Å². The van der Waals surface area contributed by atoms with Gasteiger partial charge in [0.15, 0.2) is 6.19 Å². The number of hydrogen-bond donors (Lipinski definition) is 2. The first-order chi connectivity index (χ1) is 12.7. The second kappa shape index (κ2) is 9.80. The molecule has 0 radical (unpaired) electrons. The van der Waals surface area contributed by atoms with Crippen molar-refractivity contribution in [2.75, 3.05) is 27.3 Å². The Kier molecular flexibility index (Phi) is 7.15. The van der Waals surface area contributed by atoms with Gasteiger partial charge in [-0.2, -0.15) is 10.4 Å². The minimum Gasteiger partial charge on any atom is -0.497 e. The van der Waals surface area contributed by atoms with Crippen molar-refractivity contribution in [2.45, 2.75) is 6.73 Å². The Bertz CT molecular complexity index is 839. The molecule has 0 aliphatic carbocycles. The normalized spacial score (nSPS) is 10.9. The highest BCUT2D eigenvalue weighted by atomic mass is 16.5. The molecule has 0 unspecified atom stereocenters. The molecule has 0 aliphatic heterocycles. The van der Waals surface area contributed by atoms with Crippen LogP contribution in [0.5, 0.6) is 5.75 Å². The fourth-order valence-corrected chi connectivity index (χ4v) is 2.08. The van der Waals surface area contributed by atoms with Gasteiger partial charge in [0, 0.05) is 25.2 Å². The molecular formula is C17H20N6O3.